The molecular weight excluding hydrogens is 297 g/mol. The largest absolute Gasteiger partial charge is 0.484 e. The Morgan fingerprint density at radius 3 is 2.30 bits per heavy atom. The molecule has 3 N–H and O–H groups in total. The number of hydrogen-bond donors (Lipinski definition) is 2. The molecule has 0 aliphatic heterocycles. The minimum atomic E-state index is -4.37. The summed E-state index contributed by atoms with van der Waals surface area (Å²) in [5.74, 6) is -0.194. The summed E-state index contributed by atoms with van der Waals surface area (Å²) in [6.07, 6.45) is -3.08. The highest BCUT2D eigenvalue weighted by atomic mass is 35.5. The number of benzene rings is 1. The Morgan fingerprint density at radius 1 is 1.30 bits per heavy atom. The molecule has 0 heterocycles. The Bertz CT molecular complexity index is 473. The lowest BCUT2D eigenvalue weighted by Gasteiger charge is -2.11. The van der Waals surface area contributed by atoms with Gasteiger partial charge >= 0.3 is 6.18 Å². The summed E-state index contributed by atoms with van der Waals surface area (Å²) < 4.78 is 40.4. The molecule has 1 aromatic rings. The average Bonchev–Trinajstić information content (AvgIpc) is 3.07. The fourth-order valence-electron chi connectivity index (χ4n) is 1.42. The molecule has 0 unspecified atom stereocenters. The molecule has 0 saturated heterocycles. The first-order valence-corrected chi connectivity index (χ1v) is 5.68. The van der Waals surface area contributed by atoms with E-state index < -0.39 is 18.3 Å². The molecule has 8 heteroatoms. The van der Waals surface area contributed by atoms with Gasteiger partial charge in [0, 0.05) is 5.69 Å². The Balaban J connectivity index is 0.00000200. The fraction of sp³-hybridized carbons (Fsp3) is 0.417. The molecule has 1 aromatic carbocycles. The van der Waals surface area contributed by atoms with E-state index in [2.05, 4.69) is 10.1 Å². The maximum Gasteiger partial charge on any atom is 0.422 e. The first-order chi connectivity index (χ1) is 8.78. The van der Waals surface area contributed by atoms with Crippen molar-refractivity contribution < 1.29 is 22.7 Å². The number of carbonyl (C=O) groups is 1. The van der Waals surface area contributed by atoms with E-state index in [0.29, 0.717) is 18.5 Å². The minimum Gasteiger partial charge on any atom is -0.484 e. The lowest BCUT2D eigenvalue weighted by Crippen LogP contribution is -2.37. The van der Waals surface area contributed by atoms with Crippen LogP contribution < -0.4 is 15.8 Å². The lowest BCUT2D eigenvalue weighted by molar-refractivity contribution is -0.153. The first-order valence-electron chi connectivity index (χ1n) is 5.68. The number of nitrogens with one attached hydrogen (secondary N) is 1. The molecule has 1 aliphatic carbocycles. The van der Waals surface area contributed by atoms with Gasteiger partial charge in [-0.25, -0.2) is 0 Å². The molecular formula is C12H14ClF3N2O2. The maximum atomic E-state index is 11.9. The Hall–Kier alpha value is -1.47. The van der Waals surface area contributed by atoms with E-state index in [9.17, 15) is 18.0 Å². The molecule has 2 rings (SSSR count). The number of alkyl halides is 3. The topological polar surface area (TPSA) is 64.4 Å². The number of nitrogens with two attached hydrogens (primary N) is 1. The maximum absolute atomic E-state index is 11.9. The molecule has 0 spiro atoms. The smallest absolute Gasteiger partial charge is 0.422 e. The average molecular weight is 311 g/mol. The van der Waals surface area contributed by atoms with Crippen LogP contribution in [0.4, 0.5) is 18.9 Å². The van der Waals surface area contributed by atoms with Gasteiger partial charge in [-0.05, 0) is 37.1 Å². The highest BCUT2D eigenvalue weighted by Crippen LogP contribution is 2.33. The van der Waals surface area contributed by atoms with Gasteiger partial charge in [-0.15, -0.1) is 12.4 Å². The van der Waals surface area contributed by atoms with Crippen LogP contribution >= 0.6 is 12.4 Å². The van der Waals surface area contributed by atoms with Gasteiger partial charge in [-0.3, -0.25) is 4.79 Å². The van der Waals surface area contributed by atoms with Crippen LogP contribution in [0.3, 0.4) is 0 Å². The molecule has 4 nitrogen and oxygen atoms in total. The van der Waals surface area contributed by atoms with Crippen LogP contribution in [-0.2, 0) is 4.79 Å². The van der Waals surface area contributed by atoms with Gasteiger partial charge in [0.15, 0.2) is 6.61 Å². The summed E-state index contributed by atoms with van der Waals surface area (Å²) >= 11 is 0. The molecule has 20 heavy (non-hydrogen) atoms. The highest BCUT2D eigenvalue weighted by Gasteiger charge is 2.45. The zero-order valence-electron chi connectivity index (χ0n) is 10.4. The molecule has 112 valence electrons. The van der Waals surface area contributed by atoms with Crippen molar-refractivity contribution in [2.24, 2.45) is 5.73 Å². The van der Waals surface area contributed by atoms with E-state index in [1.807, 2.05) is 0 Å². The quantitative estimate of drug-likeness (QED) is 0.898. The van der Waals surface area contributed by atoms with E-state index in [4.69, 9.17) is 5.73 Å². The zero-order chi connectivity index (χ0) is 14.1. The monoisotopic (exact) mass is 310 g/mol. The Morgan fingerprint density at radius 2 is 1.85 bits per heavy atom. The van der Waals surface area contributed by atoms with Gasteiger partial charge in [0.05, 0.1) is 5.54 Å². The Labute approximate surface area is 119 Å². The van der Waals surface area contributed by atoms with Gasteiger partial charge in [-0.2, -0.15) is 13.2 Å². The van der Waals surface area contributed by atoms with Gasteiger partial charge in [-0.1, -0.05) is 0 Å². The predicted molar refractivity (Wildman–Crippen MR) is 70.0 cm³/mol. The third kappa shape index (κ3) is 4.57. The first kappa shape index (κ1) is 16.6. The fourth-order valence-corrected chi connectivity index (χ4v) is 1.42. The van der Waals surface area contributed by atoms with E-state index in [-0.39, 0.29) is 24.1 Å². The molecule has 1 aliphatic rings. The van der Waals surface area contributed by atoms with Crippen LogP contribution in [-0.4, -0.2) is 24.2 Å². The van der Waals surface area contributed by atoms with Crippen molar-refractivity contribution in [1.82, 2.24) is 0 Å². The third-order valence-electron chi connectivity index (χ3n) is 2.76. The molecule has 0 bridgehead atoms. The van der Waals surface area contributed by atoms with Crippen LogP contribution in [0.5, 0.6) is 5.75 Å². The summed E-state index contributed by atoms with van der Waals surface area (Å²) in [6.45, 7) is -1.34. The van der Waals surface area contributed by atoms with Crippen LogP contribution in [0.2, 0.25) is 0 Å². The predicted octanol–water partition coefficient (Wildman–Crippen LogP) is 2.48. The van der Waals surface area contributed by atoms with E-state index >= 15 is 0 Å². The molecule has 0 radical (unpaired) electrons. The minimum absolute atomic E-state index is 0. The second-order valence-electron chi connectivity index (χ2n) is 4.54. The zero-order valence-corrected chi connectivity index (χ0v) is 11.2. The molecule has 1 amide bonds. The van der Waals surface area contributed by atoms with Crippen molar-refractivity contribution in [3.63, 3.8) is 0 Å². The molecule has 0 atom stereocenters. The summed E-state index contributed by atoms with van der Waals surface area (Å²) in [5.41, 5.74) is 5.39. The van der Waals surface area contributed by atoms with Crippen LogP contribution in [0.1, 0.15) is 12.8 Å². The number of carbonyl (C=O) groups excluding carboxylic acids is 1. The summed E-state index contributed by atoms with van der Waals surface area (Å²) in [6, 6.07) is 5.65. The molecule has 1 fully saturated rings. The van der Waals surface area contributed by atoms with Crippen molar-refractivity contribution in [2.45, 2.75) is 24.6 Å². The van der Waals surface area contributed by atoms with Crippen molar-refractivity contribution in [3.8, 4) is 5.75 Å². The van der Waals surface area contributed by atoms with Crippen LogP contribution in [0.15, 0.2) is 24.3 Å². The summed E-state index contributed by atoms with van der Waals surface area (Å²) in [4.78, 5) is 11.6. The van der Waals surface area contributed by atoms with E-state index in [1.54, 1.807) is 0 Å². The van der Waals surface area contributed by atoms with Gasteiger partial charge < -0.3 is 15.8 Å². The number of ether oxygens (including phenoxy) is 1. The van der Waals surface area contributed by atoms with Crippen molar-refractivity contribution >= 4 is 24.0 Å². The van der Waals surface area contributed by atoms with Gasteiger partial charge in [0.1, 0.15) is 5.75 Å². The van der Waals surface area contributed by atoms with Crippen LogP contribution in [0, 0.1) is 0 Å². The normalized spacial score (nSPS) is 16.0. The highest BCUT2D eigenvalue weighted by molar-refractivity contribution is 6.00. The number of amides is 1. The van der Waals surface area contributed by atoms with Crippen molar-refractivity contribution in [2.75, 3.05) is 11.9 Å². The SMILES string of the molecule is Cl.NC1(C(=O)Nc2ccc(OCC(F)(F)F)cc2)CC1. The number of halogens is 4. The number of rotatable bonds is 4. The van der Waals surface area contributed by atoms with Gasteiger partial charge in [0.25, 0.3) is 0 Å². The third-order valence-corrected chi connectivity index (χ3v) is 2.76. The van der Waals surface area contributed by atoms with Gasteiger partial charge in [0.2, 0.25) is 5.91 Å². The standard InChI is InChI=1S/C12H13F3N2O2.ClH/c13-12(14,15)7-19-9-3-1-8(2-4-9)17-10(18)11(16)5-6-11;/h1-4H,5-7,16H2,(H,17,18);1H. The second kappa shape index (κ2) is 5.88. The van der Waals surface area contributed by atoms with Crippen molar-refractivity contribution in [1.29, 1.82) is 0 Å². The van der Waals surface area contributed by atoms with Crippen LogP contribution in [0.25, 0.3) is 0 Å². The lowest BCUT2D eigenvalue weighted by atomic mass is 10.2. The number of anilines is 1. The molecule has 0 aromatic heterocycles. The van der Waals surface area contributed by atoms with E-state index in [1.165, 1.54) is 24.3 Å². The Kier molecular flexibility index (Phi) is 4.88. The van der Waals surface area contributed by atoms with E-state index in [0.717, 1.165) is 0 Å². The summed E-state index contributed by atoms with van der Waals surface area (Å²) in [7, 11) is 0. The molecule has 1 saturated carbocycles. The van der Waals surface area contributed by atoms with Crippen molar-refractivity contribution in [3.05, 3.63) is 24.3 Å². The second-order valence-corrected chi connectivity index (χ2v) is 4.54. The summed E-state index contributed by atoms with van der Waals surface area (Å²) in [5, 5.41) is 2.60. The number of hydrogen-bond acceptors (Lipinski definition) is 3.